The molecule has 1 N–H and O–H groups in total. The fourth-order valence-electron chi connectivity index (χ4n) is 3.26. The van der Waals surface area contributed by atoms with Crippen molar-refractivity contribution in [1.29, 1.82) is 0 Å². The van der Waals surface area contributed by atoms with Gasteiger partial charge < -0.3 is 14.6 Å². The van der Waals surface area contributed by atoms with Crippen molar-refractivity contribution in [2.45, 2.75) is 31.7 Å². The van der Waals surface area contributed by atoms with Crippen LogP contribution in [-0.4, -0.2) is 31.4 Å². The molecule has 4 rings (SSSR count). The lowest BCUT2D eigenvalue weighted by atomic mass is 10.2. The highest BCUT2D eigenvalue weighted by molar-refractivity contribution is 7.99. The summed E-state index contributed by atoms with van der Waals surface area (Å²) in [5.41, 5.74) is 1.35. The zero-order chi connectivity index (χ0) is 25.8. The molecule has 2 aromatic heterocycles. The molecule has 1 atom stereocenters. The predicted octanol–water partition coefficient (Wildman–Crippen LogP) is 6.88. The fraction of sp³-hybridized carbons (Fsp3) is 0.217. The third kappa shape index (κ3) is 6.15. The molecule has 2 heterocycles. The van der Waals surface area contributed by atoms with E-state index in [4.69, 9.17) is 27.9 Å². The lowest BCUT2D eigenvalue weighted by Crippen LogP contribution is -2.15. The molecule has 0 aliphatic rings. The van der Waals surface area contributed by atoms with Crippen LogP contribution in [0.25, 0.3) is 11.3 Å². The Hall–Kier alpha value is -2.73. The molecule has 1 amide bonds. The van der Waals surface area contributed by atoms with Crippen LogP contribution >= 0.6 is 46.3 Å². The third-order valence-corrected chi connectivity index (χ3v) is 7.19. The van der Waals surface area contributed by atoms with Crippen molar-refractivity contribution in [3.8, 4) is 17.0 Å². The molecule has 7 nitrogen and oxygen atoms in total. The first-order chi connectivity index (χ1) is 17.2. The molecule has 0 spiro atoms. The van der Waals surface area contributed by atoms with E-state index in [2.05, 4.69) is 20.5 Å². The van der Waals surface area contributed by atoms with Gasteiger partial charge in [0.2, 0.25) is 5.91 Å². The van der Waals surface area contributed by atoms with Crippen molar-refractivity contribution in [2.24, 2.45) is 0 Å². The van der Waals surface area contributed by atoms with E-state index in [1.807, 2.05) is 6.92 Å². The first-order valence-electron chi connectivity index (χ1n) is 10.6. The lowest BCUT2D eigenvalue weighted by Gasteiger charge is -2.16. The zero-order valence-corrected chi connectivity index (χ0v) is 22.1. The number of amides is 1. The predicted molar refractivity (Wildman–Crippen MR) is 138 cm³/mol. The molecule has 0 fully saturated rings. The number of nitrogens with zero attached hydrogens (tertiary/aromatic N) is 4. The SMILES string of the molecule is CCn1c(SCC(=O)Nc2nc(-c3ccc(Cl)cc3Cl)cs2)nnc1C(C)Oc1ccc(F)cc1F. The number of thiazole rings is 1. The smallest absolute Gasteiger partial charge is 0.236 e. The van der Waals surface area contributed by atoms with Crippen LogP contribution in [0.4, 0.5) is 13.9 Å². The van der Waals surface area contributed by atoms with Crippen LogP contribution in [0.5, 0.6) is 5.75 Å². The number of benzene rings is 2. The number of anilines is 1. The minimum Gasteiger partial charge on any atom is -0.480 e. The van der Waals surface area contributed by atoms with Gasteiger partial charge in [0.25, 0.3) is 0 Å². The Kier molecular flexibility index (Phi) is 8.45. The summed E-state index contributed by atoms with van der Waals surface area (Å²) >= 11 is 14.7. The second kappa shape index (κ2) is 11.5. The number of thioether (sulfide) groups is 1. The second-order valence-corrected chi connectivity index (χ2v) is 10.1. The number of carbonyl (C=O) groups is 1. The van der Waals surface area contributed by atoms with Gasteiger partial charge >= 0.3 is 0 Å². The van der Waals surface area contributed by atoms with Crippen LogP contribution in [-0.2, 0) is 11.3 Å². The molecular formula is C23H19Cl2F2N5O2S2. The third-order valence-electron chi connectivity index (χ3n) is 4.91. The van der Waals surface area contributed by atoms with Gasteiger partial charge in [-0.2, -0.15) is 0 Å². The second-order valence-electron chi connectivity index (χ2n) is 7.42. The van der Waals surface area contributed by atoms with Crippen molar-refractivity contribution >= 4 is 57.3 Å². The first-order valence-corrected chi connectivity index (χ1v) is 13.3. The van der Waals surface area contributed by atoms with E-state index in [0.29, 0.717) is 44.0 Å². The van der Waals surface area contributed by atoms with Gasteiger partial charge in [0.1, 0.15) is 5.82 Å². The molecule has 188 valence electrons. The van der Waals surface area contributed by atoms with Gasteiger partial charge in [-0.25, -0.2) is 13.8 Å². The number of hydrogen-bond donors (Lipinski definition) is 1. The highest BCUT2D eigenvalue weighted by Gasteiger charge is 2.21. The summed E-state index contributed by atoms with van der Waals surface area (Å²) < 4.78 is 34.5. The Bertz CT molecular complexity index is 1400. The fourth-order valence-corrected chi connectivity index (χ4v) is 5.30. The number of ether oxygens (including phenoxy) is 1. The summed E-state index contributed by atoms with van der Waals surface area (Å²) in [7, 11) is 0. The molecule has 0 radical (unpaired) electrons. The van der Waals surface area contributed by atoms with E-state index in [1.54, 1.807) is 35.1 Å². The van der Waals surface area contributed by atoms with Crippen molar-refractivity contribution in [2.75, 3.05) is 11.1 Å². The number of aromatic nitrogens is 4. The van der Waals surface area contributed by atoms with Gasteiger partial charge in [0, 0.05) is 28.6 Å². The Morgan fingerprint density at radius 3 is 2.75 bits per heavy atom. The van der Waals surface area contributed by atoms with E-state index in [9.17, 15) is 13.6 Å². The van der Waals surface area contributed by atoms with E-state index in [-0.39, 0.29) is 17.4 Å². The molecule has 2 aromatic carbocycles. The van der Waals surface area contributed by atoms with E-state index in [1.165, 1.54) is 29.2 Å². The van der Waals surface area contributed by atoms with Crippen molar-refractivity contribution in [1.82, 2.24) is 19.7 Å². The van der Waals surface area contributed by atoms with Crippen molar-refractivity contribution < 1.29 is 18.3 Å². The summed E-state index contributed by atoms with van der Waals surface area (Å²) in [6, 6.07) is 8.21. The molecular weight excluding hydrogens is 551 g/mol. The standard InChI is InChI=1S/C23H19Cl2F2N5O2S2/c1-3-32-21(12(2)34-19-7-5-14(26)9-17(19)27)30-31-23(32)36-11-20(33)29-22-28-18(10-35-22)15-6-4-13(24)8-16(15)25/h4-10,12H,3,11H2,1-2H3,(H,28,29,33). The maximum absolute atomic E-state index is 14.0. The van der Waals surface area contributed by atoms with Crippen LogP contribution in [0.3, 0.4) is 0 Å². The largest absolute Gasteiger partial charge is 0.480 e. The van der Waals surface area contributed by atoms with Crippen LogP contribution < -0.4 is 10.1 Å². The molecule has 1 unspecified atom stereocenters. The maximum Gasteiger partial charge on any atom is 0.236 e. The first kappa shape index (κ1) is 26.3. The molecule has 36 heavy (non-hydrogen) atoms. The zero-order valence-electron chi connectivity index (χ0n) is 19.0. The Balaban J connectivity index is 1.38. The van der Waals surface area contributed by atoms with Crippen LogP contribution in [0.1, 0.15) is 25.8 Å². The van der Waals surface area contributed by atoms with Crippen molar-refractivity contribution in [3.05, 3.63) is 69.3 Å². The van der Waals surface area contributed by atoms with E-state index in [0.717, 1.165) is 12.1 Å². The normalized spacial score (nSPS) is 11.9. The monoisotopic (exact) mass is 569 g/mol. The molecule has 0 aliphatic heterocycles. The van der Waals surface area contributed by atoms with Crippen LogP contribution in [0.2, 0.25) is 10.0 Å². The molecule has 13 heteroatoms. The average Bonchev–Trinajstić information content (AvgIpc) is 3.46. The van der Waals surface area contributed by atoms with Crippen LogP contribution in [0, 0.1) is 11.6 Å². The quantitative estimate of drug-likeness (QED) is 0.221. The van der Waals surface area contributed by atoms with Crippen molar-refractivity contribution in [3.63, 3.8) is 0 Å². The average molecular weight is 570 g/mol. The minimum absolute atomic E-state index is 0.0660. The molecule has 0 saturated carbocycles. The number of nitrogens with one attached hydrogen (secondary N) is 1. The Labute approximate surface area is 223 Å². The van der Waals surface area contributed by atoms with Gasteiger partial charge in [-0.1, -0.05) is 35.0 Å². The molecule has 0 bridgehead atoms. The van der Waals surface area contributed by atoms with Gasteiger partial charge in [0.05, 0.1) is 16.5 Å². The minimum atomic E-state index is -0.806. The summed E-state index contributed by atoms with van der Waals surface area (Å²) in [6.45, 7) is 4.08. The van der Waals surface area contributed by atoms with Gasteiger partial charge in [-0.15, -0.1) is 21.5 Å². The number of rotatable bonds is 9. The molecule has 4 aromatic rings. The number of carbonyl (C=O) groups excluding carboxylic acids is 1. The molecule has 0 aliphatic carbocycles. The highest BCUT2D eigenvalue weighted by atomic mass is 35.5. The van der Waals surface area contributed by atoms with Gasteiger partial charge in [-0.05, 0) is 44.2 Å². The number of hydrogen-bond acceptors (Lipinski definition) is 7. The van der Waals surface area contributed by atoms with Gasteiger partial charge in [0.15, 0.2) is 33.8 Å². The Morgan fingerprint density at radius 2 is 2.03 bits per heavy atom. The Morgan fingerprint density at radius 1 is 1.22 bits per heavy atom. The highest BCUT2D eigenvalue weighted by Crippen LogP contribution is 2.32. The number of halogens is 4. The van der Waals surface area contributed by atoms with E-state index < -0.39 is 17.7 Å². The molecule has 0 saturated heterocycles. The summed E-state index contributed by atoms with van der Waals surface area (Å²) in [6.07, 6.45) is -0.658. The van der Waals surface area contributed by atoms with Crippen LogP contribution in [0.15, 0.2) is 46.9 Å². The lowest BCUT2D eigenvalue weighted by molar-refractivity contribution is -0.113. The van der Waals surface area contributed by atoms with Gasteiger partial charge in [-0.3, -0.25) is 4.79 Å². The summed E-state index contributed by atoms with van der Waals surface area (Å²) in [4.78, 5) is 17.0. The van der Waals surface area contributed by atoms with E-state index >= 15 is 0 Å². The topological polar surface area (TPSA) is 81.9 Å². The summed E-state index contributed by atoms with van der Waals surface area (Å²) in [5, 5.41) is 14.8. The maximum atomic E-state index is 14.0. The summed E-state index contributed by atoms with van der Waals surface area (Å²) in [5.74, 6) is -1.34.